The Balaban J connectivity index is 1.68. The highest BCUT2D eigenvalue weighted by molar-refractivity contribution is 5.70. The molecule has 3 aromatic rings. The Hall–Kier alpha value is -3.14. The third-order valence-electron chi connectivity index (χ3n) is 5.66. The first-order valence-electron chi connectivity index (χ1n) is 12.0. The summed E-state index contributed by atoms with van der Waals surface area (Å²) in [6, 6.07) is 18.5. The Bertz CT molecular complexity index is 1050. The van der Waals surface area contributed by atoms with Gasteiger partial charge in [0.1, 0.15) is 11.5 Å². The quantitative estimate of drug-likeness (QED) is 0.219. The predicted octanol–water partition coefficient (Wildman–Crippen LogP) is 9.05. The molecule has 0 saturated heterocycles. The zero-order chi connectivity index (χ0) is 23.6. The second-order valence-electron chi connectivity index (χ2n) is 8.47. The first-order chi connectivity index (χ1) is 16.0. The van der Waals surface area contributed by atoms with E-state index in [0.29, 0.717) is 6.61 Å². The molecular weight excluding hydrogens is 408 g/mol. The highest BCUT2D eigenvalue weighted by Gasteiger charge is 2.07. The standard InChI is InChI=1S/C29H36N2O2/c1-6-8-9-10-17-33-29-22(4)19-26(20-23(29)5)31-30-25-13-16-28(21(3)18-25)24-11-14-27(15-12-24)32-7-2/h11-16,18-20H,6-10,17H2,1-5H3. The normalized spacial score (nSPS) is 11.2. The Kier molecular flexibility index (Phi) is 9.05. The zero-order valence-corrected chi connectivity index (χ0v) is 20.6. The zero-order valence-electron chi connectivity index (χ0n) is 20.6. The summed E-state index contributed by atoms with van der Waals surface area (Å²) in [5.74, 6) is 1.86. The van der Waals surface area contributed by atoms with Gasteiger partial charge in [0, 0.05) is 0 Å². The summed E-state index contributed by atoms with van der Waals surface area (Å²) in [5.41, 5.74) is 7.39. The minimum absolute atomic E-state index is 0.673. The first-order valence-corrected chi connectivity index (χ1v) is 12.0. The summed E-state index contributed by atoms with van der Waals surface area (Å²) >= 11 is 0. The van der Waals surface area contributed by atoms with E-state index in [1.54, 1.807) is 0 Å². The third kappa shape index (κ3) is 6.92. The van der Waals surface area contributed by atoms with Gasteiger partial charge in [0.25, 0.3) is 0 Å². The van der Waals surface area contributed by atoms with Crippen LogP contribution in [0.3, 0.4) is 0 Å². The summed E-state index contributed by atoms with van der Waals surface area (Å²) in [5, 5.41) is 8.97. The molecule has 0 spiro atoms. The molecule has 0 saturated carbocycles. The summed E-state index contributed by atoms with van der Waals surface area (Å²) < 4.78 is 11.6. The lowest BCUT2D eigenvalue weighted by atomic mass is 10.00. The summed E-state index contributed by atoms with van der Waals surface area (Å²) in [7, 11) is 0. The van der Waals surface area contributed by atoms with Crippen molar-refractivity contribution in [2.45, 2.75) is 60.3 Å². The molecule has 0 aliphatic heterocycles. The van der Waals surface area contributed by atoms with Crippen LogP contribution in [-0.2, 0) is 0 Å². The number of ether oxygens (including phenoxy) is 2. The lowest BCUT2D eigenvalue weighted by Gasteiger charge is -2.12. The van der Waals surface area contributed by atoms with E-state index in [2.05, 4.69) is 62.2 Å². The lowest BCUT2D eigenvalue weighted by Crippen LogP contribution is -2.00. The van der Waals surface area contributed by atoms with Gasteiger partial charge in [0.15, 0.2) is 0 Å². The van der Waals surface area contributed by atoms with Crippen LogP contribution in [0.25, 0.3) is 11.1 Å². The van der Waals surface area contributed by atoms with Gasteiger partial charge >= 0.3 is 0 Å². The van der Waals surface area contributed by atoms with Crippen LogP contribution in [0.5, 0.6) is 11.5 Å². The monoisotopic (exact) mass is 444 g/mol. The van der Waals surface area contributed by atoms with Crippen molar-refractivity contribution < 1.29 is 9.47 Å². The van der Waals surface area contributed by atoms with Crippen LogP contribution < -0.4 is 9.47 Å². The molecule has 0 heterocycles. The van der Waals surface area contributed by atoms with Gasteiger partial charge in [-0.15, -0.1) is 0 Å². The molecule has 0 atom stereocenters. The second kappa shape index (κ2) is 12.2. The Labute approximate surface area is 198 Å². The first kappa shape index (κ1) is 24.5. The highest BCUT2D eigenvalue weighted by atomic mass is 16.5. The van der Waals surface area contributed by atoms with E-state index in [4.69, 9.17) is 9.47 Å². The Morgan fingerprint density at radius 2 is 1.33 bits per heavy atom. The van der Waals surface area contributed by atoms with E-state index in [-0.39, 0.29) is 0 Å². The number of benzene rings is 3. The molecule has 3 rings (SSSR count). The molecule has 0 N–H and O–H groups in total. The molecule has 0 radical (unpaired) electrons. The van der Waals surface area contributed by atoms with Crippen LogP contribution in [0, 0.1) is 20.8 Å². The third-order valence-corrected chi connectivity index (χ3v) is 5.66. The van der Waals surface area contributed by atoms with Gasteiger partial charge in [-0.25, -0.2) is 0 Å². The van der Waals surface area contributed by atoms with Crippen molar-refractivity contribution in [3.05, 3.63) is 71.3 Å². The molecule has 0 aromatic heterocycles. The maximum atomic E-state index is 6.04. The highest BCUT2D eigenvalue weighted by Crippen LogP contribution is 2.32. The van der Waals surface area contributed by atoms with Crippen molar-refractivity contribution in [2.75, 3.05) is 13.2 Å². The Morgan fingerprint density at radius 3 is 1.97 bits per heavy atom. The second-order valence-corrected chi connectivity index (χ2v) is 8.47. The molecule has 0 amide bonds. The molecule has 0 bridgehead atoms. The van der Waals surface area contributed by atoms with Crippen molar-refractivity contribution >= 4 is 11.4 Å². The molecule has 0 aliphatic rings. The minimum atomic E-state index is 0.673. The van der Waals surface area contributed by atoms with Gasteiger partial charge in [-0.05, 0) is 98.3 Å². The molecule has 4 heteroatoms. The van der Waals surface area contributed by atoms with Gasteiger partial charge < -0.3 is 9.47 Å². The van der Waals surface area contributed by atoms with Gasteiger partial charge in [0.05, 0.1) is 24.6 Å². The molecule has 174 valence electrons. The topological polar surface area (TPSA) is 43.2 Å². The largest absolute Gasteiger partial charge is 0.494 e. The lowest BCUT2D eigenvalue weighted by molar-refractivity contribution is 0.301. The SMILES string of the molecule is CCCCCCOc1c(C)cc(N=Nc2ccc(-c3ccc(OCC)cc3)c(C)c2)cc1C. The molecule has 33 heavy (non-hydrogen) atoms. The van der Waals surface area contributed by atoms with Crippen molar-refractivity contribution in [3.8, 4) is 22.6 Å². The van der Waals surface area contributed by atoms with Crippen molar-refractivity contribution in [1.29, 1.82) is 0 Å². The predicted molar refractivity (Wildman–Crippen MR) is 138 cm³/mol. The van der Waals surface area contributed by atoms with E-state index in [0.717, 1.165) is 58.2 Å². The number of aryl methyl sites for hydroxylation is 3. The summed E-state index contributed by atoms with van der Waals surface area (Å²) in [6.45, 7) is 11.9. The van der Waals surface area contributed by atoms with Crippen LogP contribution in [0.15, 0.2) is 64.8 Å². The van der Waals surface area contributed by atoms with E-state index >= 15 is 0 Å². The fraction of sp³-hybridized carbons (Fsp3) is 0.379. The maximum absolute atomic E-state index is 6.04. The number of azo groups is 1. The minimum Gasteiger partial charge on any atom is -0.494 e. The number of hydrogen-bond acceptors (Lipinski definition) is 4. The average Bonchev–Trinajstić information content (AvgIpc) is 2.80. The number of hydrogen-bond donors (Lipinski definition) is 0. The van der Waals surface area contributed by atoms with E-state index in [1.807, 2.05) is 37.3 Å². The fourth-order valence-corrected chi connectivity index (χ4v) is 3.96. The summed E-state index contributed by atoms with van der Waals surface area (Å²) in [4.78, 5) is 0. The molecule has 0 aliphatic carbocycles. The van der Waals surface area contributed by atoms with Gasteiger partial charge in [-0.2, -0.15) is 10.2 Å². The summed E-state index contributed by atoms with van der Waals surface area (Å²) in [6.07, 6.45) is 4.82. The van der Waals surface area contributed by atoms with Crippen LogP contribution in [0.1, 0.15) is 56.2 Å². The molecular formula is C29H36N2O2. The van der Waals surface area contributed by atoms with Crippen LogP contribution in [0.4, 0.5) is 11.4 Å². The van der Waals surface area contributed by atoms with Gasteiger partial charge in [-0.3, -0.25) is 0 Å². The van der Waals surface area contributed by atoms with E-state index < -0.39 is 0 Å². The maximum Gasteiger partial charge on any atom is 0.125 e. The van der Waals surface area contributed by atoms with E-state index in [9.17, 15) is 0 Å². The average molecular weight is 445 g/mol. The van der Waals surface area contributed by atoms with Crippen molar-refractivity contribution in [3.63, 3.8) is 0 Å². The van der Waals surface area contributed by atoms with Crippen LogP contribution in [-0.4, -0.2) is 13.2 Å². The van der Waals surface area contributed by atoms with Crippen molar-refractivity contribution in [1.82, 2.24) is 0 Å². The molecule has 0 fully saturated rings. The van der Waals surface area contributed by atoms with Gasteiger partial charge in [-0.1, -0.05) is 44.4 Å². The van der Waals surface area contributed by atoms with Crippen LogP contribution in [0.2, 0.25) is 0 Å². The van der Waals surface area contributed by atoms with E-state index in [1.165, 1.54) is 24.8 Å². The smallest absolute Gasteiger partial charge is 0.125 e. The molecule has 3 aromatic carbocycles. The number of unbranched alkanes of at least 4 members (excludes halogenated alkanes) is 3. The fourth-order valence-electron chi connectivity index (χ4n) is 3.96. The number of rotatable bonds is 11. The van der Waals surface area contributed by atoms with Crippen molar-refractivity contribution in [2.24, 2.45) is 10.2 Å². The van der Waals surface area contributed by atoms with Crippen LogP contribution >= 0.6 is 0 Å². The number of nitrogens with zero attached hydrogens (tertiary/aromatic N) is 2. The molecule has 0 unspecified atom stereocenters. The Morgan fingerprint density at radius 1 is 0.667 bits per heavy atom. The molecule has 4 nitrogen and oxygen atoms in total. The van der Waals surface area contributed by atoms with Gasteiger partial charge in [0.2, 0.25) is 0 Å².